The van der Waals surface area contributed by atoms with Gasteiger partial charge in [-0.05, 0) is 52.3 Å². The Morgan fingerprint density at radius 3 is 2.45 bits per heavy atom. The number of carbonyl (C=O) groups excluding carboxylic acids is 1. The van der Waals surface area contributed by atoms with Gasteiger partial charge in [0.25, 0.3) is 0 Å². The smallest absolute Gasteiger partial charge is 0.244 e. The number of likely N-dealkylation sites (N-methyl/N-ethyl adjacent to an activating group) is 1. The molecule has 1 aromatic carbocycles. The lowest BCUT2D eigenvalue weighted by atomic mass is 10.0. The first-order valence-corrected chi connectivity index (χ1v) is 7.39. The largest absolute Gasteiger partial charge is 0.370 e. The van der Waals surface area contributed by atoms with Gasteiger partial charge in [-0.3, -0.25) is 4.79 Å². The van der Waals surface area contributed by atoms with Crippen LogP contribution in [0.25, 0.3) is 0 Å². The summed E-state index contributed by atoms with van der Waals surface area (Å²) in [4.78, 5) is 14.7. The molecule has 0 saturated carbocycles. The lowest BCUT2D eigenvalue weighted by Crippen LogP contribution is -2.48. The van der Waals surface area contributed by atoms with Gasteiger partial charge in [-0.25, -0.2) is 0 Å². The van der Waals surface area contributed by atoms with Crippen molar-refractivity contribution < 1.29 is 4.79 Å². The average molecular weight is 275 g/mol. The van der Waals surface area contributed by atoms with Gasteiger partial charge in [0.2, 0.25) is 5.91 Å². The number of nitrogens with one attached hydrogen (secondary N) is 2. The Bertz CT molecular complexity index is 465. The van der Waals surface area contributed by atoms with E-state index in [0.717, 1.165) is 24.5 Å². The maximum Gasteiger partial charge on any atom is 0.244 e. The van der Waals surface area contributed by atoms with E-state index in [1.54, 1.807) is 7.05 Å². The number of para-hydroxylation sites is 2. The lowest BCUT2D eigenvalue weighted by Gasteiger charge is -2.31. The molecule has 0 unspecified atom stereocenters. The molecular formula is C16H25N3O. The fraction of sp³-hybridized carbons (Fsp3) is 0.562. The summed E-state index contributed by atoms with van der Waals surface area (Å²) < 4.78 is 0. The first kappa shape index (κ1) is 14.9. The molecule has 1 amide bonds. The second kappa shape index (κ2) is 6.27. The number of anilines is 2. The van der Waals surface area contributed by atoms with Crippen LogP contribution < -0.4 is 15.5 Å². The number of hydrogen-bond acceptors (Lipinski definition) is 3. The van der Waals surface area contributed by atoms with Gasteiger partial charge in [0, 0.05) is 13.1 Å². The van der Waals surface area contributed by atoms with Gasteiger partial charge in [0.1, 0.15) is 0 Å². The molecule has 1 saturated heterocycles. The second-order valence-electron chi connectivity index (χ2n) is 5.89. The first-order valence-electron chi connectivity index (χ1n) is 7.39. The van der Waals surface area contributed by atoms with E-state index in [4.69, 9.17) is 0 Å². The number of hydrogen-bond donors (Lipinski definition) is 2. The van der Waals surface area contributed by atoms with Crippen molar-refractivity contribution in [2.45, 2.75) is 38.6 Å². The van der Waals surface area contributed by atoms with Gasteiger partial charge < -0.3 is 15.5 Å². The molecule has 0 aliphatic carbocycles. The summed E-state index contributed by atoms with van der Waals surface area (Å²) >= 11 is 0. The van der Waals surface area contributed by atoms with Crippen LogP contribution in [-0.4, -0.2) is 31.6 Å². The van der Waals surface area contributed by atoms with Crippen LogP contribution in [0.4, 0.5) is 11.4 Å². The van der Waals surface area contributed by atoms with E-state index in [1.807, 2.05) is 32.0 Å². The number of rotatable bonds is 4. The van der Waals surface area contributed by atoms with E-state index in [0.29, 0.717) is 0 Å². The minimum Gasteiger partial charge on any atom is -0.370 e. The number of piperidine rings is 1. The van der Waals surface area contributed by atoms with Crippen LogP contribution in [0.15, 0.2) is 24.3 Å². The number of amides is 1. The predicted molar refractivity (Wildman–Crippen MR) is 84.3 cm³/mol. The second-order valence-corrected chi connectivity index (χ2v) is 5.89. The molecule has 1 heterocycles. The summed E-state index contributed by atoms with van der Waals surface area (Å²) in [5, 5.41) is 6.09. The molecule has 2 N–H and O–H groups in total. The fourth-order valence-electron chi connectivity index (χ4n) is 2.38. The van der Waals surface area contributed by atoms with Crippen molar-refractivity contribution in [3.8, 4) is 0 Å². The van der Waals surface area contributed by atoms with Crippen molar-refractivity contribution in [3.05, 3.63) is 24.3 Å². The molecule has 0 atom stereocenters. The molecule has 0 radical (unpaired) electrons. The monoisotopic (exact) mass is 275 g/mol. The molecule has 1 fully saturated rings. The topological polar surface area (TPSA) is 44.4 Å². The molecule has 4 heteroatoms. The number of carbonyl (C=O) groups is 1. The maximum absolute atomic E-state index is 12.3. The Hall–Kier alpha value is -1.55. The average Bonchev–Trinajstić information content (AvgIpc) is 2.48. The number of nitrogens with zero attached hydrogens (tertiary/aromatic N) is 1. The highest BCUT2D eigenvalue weighted by molar-refractivity contribution is 6.00. The van der Waals surface area contributed by atoms with Crippen LogP contribution in [0.3, 0.4) is 0 Å². The zero-order chi connectivity index (χ0) is 14.6. The third kappa shape index (κ3) is 3.31. The van der Waals surface area contributed by atoms with Crippen LogP contribution in [0.5, 0.6) is 0 Å². The summed E-state index contributed by atoms with van der Waals surface area (Å²) in [6, 6.07) is 8.07. The van der Waals surface area contributed by atoms with Crippen LogP contribution in [0.1, 0.15) is 33.1 Å². The molecule has 4 nitrogen and oxygen atoms in total. The van der Waals surface area contributed by atoms with E-state index in [9.17, 15) is 4.79 Å². The molecule has 0 aromatic heterocycles. The molecule has 110 valence electrons. The molecule has 1 aromatic rings. The quantitative estimate of drug-likeness (QED) is 0.888. The summed E-state index contributed by atoms with van der Waals surface area (Å²) in [6.45, 7) is 5.91. The highest BCUT2D eigenvalue weighted by Crippen LogP contribution is 2.28. The Kier molecular flexibility index (Phi) is 4.65. The zero-order valence-electron chi connectivity index (χ0n) is 12.7. The Morgan fingerprint density at radius 2 is 1.80 bits per heavy atom. The summed E-state index contributed by atoms with van der Waals surface area (Å²) in [6.07, 6.45) is 3.76. The van der Waals surface area contributed by atoms with E-state index in [2.05, 4.69) is 21.6 Å². The number of benzene rings is 1. The van der Waals surface area contributed by atoms with Gasteiger partial charge in [0.15, 0.2) is 0 Å². The van der Waals surface area contributed by atoms with Crippen molar-refractivity contribution in [1.29, 1.82) is 0 Å². The van der Waals surface area contributed by atoms with Gasteiger partial charge >= 0.3 is 0 Å². The molecule has 1 aliphatic heterocycles. The Morgan fingerprint density at radius 1 is 1.15 bits per heavy atom. The molecule has 0 bridgehead atoms. The Labute approximate surface area is 121 Å². The zero-order valence-corrected chi connectivity index (χ0v) is 12.7. The molecule has 20 heavy (non-hydrogen) atoms. The van der Waals surface area contributed by atoms with E-state index >= 15 is 0 Å². The van der Waals surface area contributed by atoms with Gasteiger partial charge in [-0.15, -0.1) is 0 Å². The fourth-order valence-corrected chi connectivity index (χ4v) is 2.38. The molecule has 1 aliphatic rings. The molecule has 2 rings (SSSR count). The van der Waals surface area contributed by atoms with E-state index in [1.165, 1.54) is 19.3 Å². The summed E-state index contributed by atoms with van der Waals surface area (Å²) in [5.41, 5.74) is 1.46. The van der Waals surface area contributed by atoms with E-state index < -0.39 is 5.54 Å². The van der Waals surface area contributed by atoms with Crippen LogP contribution in [0.2, 0.25) is 0 Å². The highest BCUT2D eigenvalue weighted by Gasteiger charge is 2.26. The summed E-state index contributed by atoms with van der Waals surface area (Å²) in [7, 11) is 1.80. The van der Waals surface area contributed by atoms with E-state index in [-0.39, 0.29) is 5.91 Å². The minimum absolute atomic E-state index is 0.00976. The van der Waals surface area contributed by atoms with Crippen LogP contribution in [0, 0.1) is 0 Å². The van der Waals surface area contributed by atoms with Crippen molar-refractivity contribution >= 4 is 17.3 Å². The van der Waals surface area contributed by atoms with Crippen molar-refractivity contribution in [1.82, 2.24) is 5.32 Å². The normalized spacial score (nSPS) is 16.1. The molecular weight excluding hydrogens is 250 g/mol. The van der Waals surface area contributed by atoms with Gasteiger partial charge in [-0.2, -0.15) is 0 Å². The summed E-state index contributed by atoms with van der Waals surface area (Å²) in [5.74, 6) is -0.00976. The van der Waals surface area contributed by atoms with Gasteiger partial charge in [0.05, 0.1) is 16.9 Å². The standard InChI is InChI=1S/C16H25N3O/c1-16(2,17-3)15(20)18-13-9-5-6-10-14(13)19-11-7-4-8-12-19/h5-6,9-10,17H,4,7-8,11-12H2,1-3H3,(H,18,20). The van der Waals surface area contributed by atoms with Crippen molar-refractivity contribution in [2.75, 3.05) is 30.4 Å². The predicted octanol–water partition coefficient (Wildman–Crippen LogP) is 2.61. The SMILES string of the molecule is CNC(C)(C)C(=O)Nc1ccccc1N1CCCCC1. The third-order valence-electron chi connectivity index (χ3n) is 4.04. The third-order valence-corrected chi connectivity index (χ3v) is 4.04. The maximum atomic E-state index is 12.3. The Balaban J connectivity index is 2.17. The van der Waals surface area contributed by atoms with Crippen LogP contribution >= 0.6 is 0 Å². The minimum atomic E-state index is -0.574. The van der Waals surface area contributed by atoms with Gasteiger partial charge in [-0.1, -0.05) is 12.1 Å². The highest BCUT2D eigenvalue weighted by atomic mass is 16.2. The van der Waals surface area contributed by atoms with Crippen LogP contribution in [-0.2, 0) is 4.79 Å². The van der Waals surface area contributed by atoms with Crippen molar-refractivity contribution in [2.24, 2.45) is 0 Å². The van der Waals surface area contributed by atoms with Crippen molar-refractivity contribution in [3.63, 3.8) is 0 Å². The first-order chi connectivity index (χ1) is 9.54. The molecule has 0 spiro atoms. The lowest BCUT2D eigenvalue weighted by molar-refractivity contribution is -0.121.